The van der Waals surface area contributed by atoms with E-state index in [9.17, 15) is 22.8 Å². The highest BCUT2D eigenvalue weighted by molar-refractivity contribution is 5.85. The molecule has 1 aromatic rings. The fourth-order valence-corrected chi connectivity index (χ4v) is 2.02. The first kappa shape index (κ1) is 18.3. The van der Waals surface area contributed by atoms with Crippen LogP contribution in [-0.4, -0.2) is 37.2 Å². The number of carbonyl (C=O) groups excluding carboxylic acids is 2. The van der Waals surface area contributed by atoms with E-state index in [-0.39, 0.29) is 19.0 Å². The Bertz CT molecular complexity index is 559. The Kier molecular flexibility index (Phi) is 6.19. The molecule has 8 heteroatoms. The van der Waals surface area contributed by atoms with Crippen LogP contribution in [-0.2, 0) is 14.3 Å². The SMILES string of the molecule is O=C(CCNCC(F)(F)F)O[C@@H](C(=O)NC1CC1)c1ccccc1. The molecule has 0 unspecified atom stereocenters. The number of nitrogens with one attached hydrogen (secondary N) is 2. The smallest absolute Gasteiger partial charge is 0.401 e. The van der Waals surface area contributed by atoms with Crippen molar-refractivity contribution in [1.82, 2.24) is 10.6 Å². The Morgan fingerprint density at radius 3 is 2.46 bits per heavy atom. The van der Waals surface area contributed by atoms with E-state index in [4.69, 9.17) is 4.74 Å². The minimum atomic E-state index is -4.33. The maximum atomic E-state index is 12.2. The Hall–Kier alpha value is -2.09. The van der Waals surface area contributed by atoms with E-state index in [1.54, 1.807) is 30.3 Å². The molecule has 132 valence electrons. The molecule has 24 heavy (non-hydrogen) atoms. The van der Waals surface area contributed by atoms with Gasteiger partial charge in [-0.1, -0.05) is 30.3 Å². The molecule has 0 heterocycles. The van der Waals surface area contributed by atoms with Crippen molar-refractivity contribution in [2.24, 2.45) is 0 Å². The normalized spacial score (nSPS) is 15.6. The van der Waals surface area contributed by atoms with Crippen molar-refractivity contribution < 1.29 is 27.5 Å². The summed E-state index contributed by atoms with van der Waals surface area (Å²) in [6, 6.07) is 8.62. The lowest BCUT2D eigenvalue weighted by Crippen LogP contribution is -2.34. The maximum Gasteiger partial charge on any atom is 0.401 e. The van der Waals surface area contributed by atoms with Crippen LogP contribution in [0.2, 0.25) is 0 Å². The molecule has 0 spiro atoms. The third-order valence-corrected chi connectivity index (χ3v) is 3.34. The lowest BCUT2D eigenvalue weighted by atomic mass is 10.1. The highest BCUT2D eigenvalue weighted by atomic mass is 19.4. The zero-order chi connectivity index (χ0) is 17.6. The summed E-state index contributed by atoms with van der Waals surface area (Å²) < 4.78 is 41.2. The van der Waals surface area contributed by atoms with Gasteiger partial charge in [0.25, 0.3) is 5.91 Å². The van der Waals surface area contributed by atoms with Crippen molar-refractivity contribution in [3.8, 4) is 0 Å². The highest BCUT2D eigenvalue weighted by Crippen LogP contribution is 2.23. The molecule has 0 bridgehead atoms. The fraction of sp³-hybridized carbons (Fsp3) is 0.500. The number of halogens is 3. The molecule has 1 aliphatic rings. The van der Waals surface area contributed by atoms with Gasteiger partial charge in [0.15, 0.2) is 0 Å². The number of esters is 1. The summed E-state index contributed by atoms with van der Waals surface area (Å²) in [5, 5.41) is 4.88. The zero-order valence-corrected chi connectivity index (χ0v) is 12.9. The molecule has 1 atom stereocenters. The minimum absolute atomic E-state index is 0.107. The topological polar surface area (TPSA) is 67.4 Å². The molecule has 1 aliphatic carbocycles. The van der Waals surface area contributed by atoms with E-state index in [1.807, 2.05) is 0 Å². The molecule has 2 rings (SSSR count). The van der Waals surface area contributed by atoms with Gasteiger partial charge in [0.05, 0.1) is 13.0 Å². The minimum Gasteiger partial charge on any atom is -0.447 e. The maximum absolute atomic E-state index is 12.2. The number of benzene rings is 1. The second-order valence-electron chi connectivity index (χ2n) is 5.61. The van der Waals surface area contributed by atoms with Crippen molar-refractivity contribution in [2.75, 3.05) is 13.1 Å². The van der Waals surface area contributed by atoms with Crippen LogP contribution in [0, 0.1) is 0 Å². The first-order valence-electron chi connectivity index (χ1n) is 7.67. The summed E-state index contributed by atoms with van der Waals surface area (Å²) in [4.78, 5) is 24.1. The van der Waals surface area contributed by atoms with Crippen LogP contribution in [0.15, 0.2) is 30.3 Å². The third kappa shape index (κ3) is 6.57. The van der Waals surface area contributed by atoms with E-state index < -0.39 is 30.7 Å². The standard InChI is InChI=1S/C16H19F3N2O3/c17-16(18,19)10-20-9-8-13(22)24-14(11-4-2-1-3-5-11)15(23)21-12-6-7-12/h1-5,12,14,20H,6-10H2,(H,21,23)/t14-/m1/s1. The van der Waals surface area contributed by atoms with Gasteiger partial charge < -0.3 is 15.4 Å². The number of alkyl halides is 3. The Morgan fingerprint density at radius 1 is 1.21 bits per heavy atom. The number of rotatable bonds is 8. The molecule has 0 aromatic heterocycles. The van der Waals surface area contributed by atoms with Crippen molar-refractivity contribution in [3.05, 3.63) is 35.9 Å². The number of hydrogen-bond acceptors (Lipinski definition) is 4. The molecule has 2 N–H and O–H groups in total. The largest absolute Gasteiger partial charge is 0.447 e. The van der Waals surface area contributed by atoms with E-state index in [1.165, 1.54) is 0 Å². The van der Waals surface area contributed by atoms with Crippen LogP contribution in [0.5, 0.6) is 0 Å². The summed E-state index contributed by atoms with van der Waals surface area (Å²) in [6.45, 7) is -1.35. The van der Waals surface area contributed by atoms with Crippen molar-refractivity contribution in [3.63, 3.8) is 0 Å². The van der Waals surface area contributed by atoms with Crippen molar-refractivity contribution >= 4 is 11.9 Å². The van der Waals surface area contributed by atoms with E-state index >= 15 is 0 Å². The summed E-state index contributed by atoms with van der Waals surface area (Å²) >= 11 is 0. The molecule has 1 amide bonds. The van der Waals surface area contributed by atoms with Crippen LogP contribution < -0.4 is 10.6 Å². The highest BCUT2D eigenvalue weighted by Gasteiger charge is 2.31. The monoisotopic (exact) mass is 344 g/mol. The van der Waals surface area contributed by atoms with Crippen molar-refractivity contribution in [1.29, 1.82) is 0 Å². The third-order valence-electron chi connectivity index (χ3n) is 3.34. The quantitative estimate of drug-likeness (QED) is 0.560. The lowest BCUT2D eigenvalue weighted by molar-refractivity contribution is -0.156. The summed E-state index contributed by atoms with van der Waals surface area (Å²) in [5.74, 6) is -1.15. The molecular formula is C16H19F3N2O3. The number of hydrogen-bond donors (Lipinski definition) is 2. The van der Waals surface area contributed by atoms with Gasteiger partial charge in [-0.05, 0) is 12.8 Å². The van der Waals surface area contributed by atoms with Gasteiger partial charge in [0, 0.05) is 18.2 Å². The molecule has 1 saturated carbocycles. The number of carbonyl (C=O) groups is 2. The van der Waals surface area contributed by atoms with Gasteiger partial charge in [-0.2, -0.15) is 13.2 Å². The Balaban J connectivity index is 1.87. The van der Waals surface area contributed by atoms with E-state index in [0.29, 0.717) is 5.56 Å². The van der Waals surface area contributed by atoms with Crippen molar-refractivity contribution in [2.45, 2.75) is 37.6 Å². The second-order valence-corrected chi connectivity index (χ2v) is 5.61. The van der Waals surface area contributed by atoms with Crippen LogP contribution >= 0.6 is 0 Å². The predicted octanol–water partition coefficient (Wildman–Crippen LogP) is 2.09. The van der Waals surface area contributed by atoms with E-state index in [0.717, 1.165) is 12.8 Å². The van der Waals surface area contributed by atoms with Gasteiger partial charge >= 0.3 is 12.1 Å². The Morgan fingerprint density at radius 2 is 1.88 bits per heavy atom. The zero-order valence-electron chi connectivity index (χ0n) is 12.9. The molecule has 1 fully saturated rings. The number of ether oxygens (including phenoxy) is 1. The van der Waals surface area contributed by atoms with Crippen LogP contribution in [0.4, 0.5) is 13.2 Å². The lowest BCUT2D eigenvalue weighted by Gasteiger charge is -2.18. The molecule has 0 saturated heterocycles. The average molecular weight is 344 g/mol. The summed E-state index contributed by atoms with van der Waals surface area (Å²) in [7, 11) is 0. The molecule has 5 nitrogen and oxygen atoms in total. The molecular weight excluding hydrogens is 325 g/mol. The van der Waals surface area contributed by atoms with Crippen LogP contribution in [0.3, 0.4) is 0 Å². The van der Waals surface area contributed by atoms with Crippen LogP contribution in [0.1, 0.15) is 30.9 Å². The van der Waals surface area contributed by atoms with Gasteiger partial charge in [-0.3, -0.25) is 9.59 Å². The molecule has 1 aromatic carbocycles. The predicted molar refractivity (Wildman–Crippen MR) is 80.0 cm³/mol. The van der Waals surface area contributed by atoms with Crippen LogP contribution in [0.25, 0.3) is 0 Å². The fourth-order valence-electron chi connectivity index (χ4n) is 2.02. The summed E-state index contributed by atoms with van der Waals surface area (Å²) in [5.41, 5.74) is 0.521. The van der Waals surface area contributed by atoms with Gasteiger partial charge in [0.1, 0.15) is 0 Å². The molecule has 0 aliphatic heterocycles. The first-order valence-corrected chi connectivity index (χ1v) is 7.67. The summed E-state index contributed by atoms with van der Waals surface area (Å²) in [6.07, 6.45) is -3.90. The van der Waals surface area contributed by atoms with Gasteiger partial charge in [-0.15, -0.1) is 0 Å². The van der Waals surface area contributed by atoms with E-state index in [2.05, 4.69) is 10.6 Å². The Labute approximate surface area is 137 Å². The average Bonchev–Trinajstić information content (AvgIpc) is 3.33. The van der Waals surface area contributed by atoms with Gasteiger partial charge in [0.2, 0.25) is 6.10 Å². The number of amides is 1. The second kappa shape index (κ2) is 8.14. The first-order chi connectivity index (χ1) is 11.3. The molecule has 0 radical (unpaired) electrons. The van der Waals surface area contributed by atoms with Gasteiger partial charge in [-0.25, -0.2) is 0 Å².